The van der Waals surface area contributed by atoms with Crippen molar-refractivity contribution in [3.63, 3.8) is 0 Å². The first-order valence-corrected chi connectivity index (χ1v) is 6.80. The summed E-state index contributed by atoms with van der Waals surface area (Å²) in [5, 5.41) is 8.51. The third kappa shape index (κ3) is 13.0. The molecule has 0 aliphatic rings. The number of hydrogen-bond donors (Lipinski definition) is 1. The van der Waals surface area contributed by atoms with Crippen LogP contribution in [-0.4, -0.2) is 24.8 Å². The van der Waals surface area contributed by atoms with E-state index in [9.17, 15) is 4.79 Å². The lowest BCUT2D eigenvalue weighted by atomic mass is 10.1. The van der Waals surface area contributed by atoms with E-state index in [-0.39, 0.29) is 12.6 Å². The standard InChI is InChI=1S/C15H26O3/c1-18-15(17)13-11-9-7-5-3-2-4-6-8-10-12-14-16/h6,8,10,12,16H,2-5,7,9,11,13-14H2,1H3/b8-6-,12-10-. The van der Waals surface area contributed by atoms with E-state index in [1.165, 1.54) is 32.8 Å². The maximum atomic E-state index is 10.8. The van der Waals surface area contributed by atoms with Gasteiger partial charge in [-0.2, -0.15) is 0 Å². The van der Waals surface area contributed by atoms with Crippen molar-refractivity contribution in [2.75, 3.05) is 13.7 Å². The van der Waals surface area contributed by atoms with Gasteiger partial charge in [0.2, 0.25) is 0 Å². The van der Waals surface area contributed by atoms with Crippen LogP contribution in [0.4, 0.5) is 0 Å². The molecule has 0 aromatic carbocycles. The predicted octanol–water partition coefficient (Wildman–Crippen LogP) is 3.38. The van der Waals surface area contributed by atoms with Crippen LogP contribution in [-0.2, 0) is 9.53 Å². The topological polar surface area (TPSA) is 46.5 Å². The van der Waals surface area contributed by atoms with Crippen molar-refractivity contribution in [1.82, 2.24) is 0 Å². The molecule has 0 aliphatic carbocycles. The third-order valence-corrected chi connectivity index (χ3v) is 2.72. The Morgan fingerprint density at radius 1 is 1.00 bits per heavy atom. The Balaban J connectivity index is 3.14. The number of rotatable bonds is 11. The van der Waals surface area contributed by atoms with Gasteiger partial charge < -0.3 is 9.84 Å². The van der Waals surface area contributed by atoms with Crippen molar-refractivity contribution in [2.45, 2.75) is 51.4 Å². The number of esters is 1. The highest BCUT2D eigenvalue weighted by Gasteiger charge is 1.98. The number of allylic oxidation sites excluding steroid dienone is 3. The first-order chi connectivity index (χ1) is 8.81. The van der Waals surface area contributed by atoms with Crippen molar-refractivity contribution in [3.8, 4) is 0 Å². The number of unbranched alkanes of at least 4 members (excludes halogenated alkanes) is 6. The predicted molar refractivity (Wildman–Crippen MR) is 74.3 cm³/mol. The molecule has 0 amide bonds. The smallest absolute Gasteiger partial charge is 0.305 e. The van der Waals surface area contributed by atoms with E-state index in [1.54, 1.807) is 6.08 Å². The molecule has 0 saturated heterocycles. The summed E-state index contributed by atoms with van der Waals surface area (Å²) in [5.41, 5.74) is 0. The van der Waals surface area contributed by atoms with E-state index in [0.29, 0.717) is 6.42 Å². The van der Waals surface area contributed by atoms with Gasteiger partial charge in [-0.15, -0.1) is 0 Å². The summed E-state index contributed by atoms with van der Waals surface area (Å²) < 4.78 is 4.58. The van der Waals surface area contributed by atoms with Gasteiger partial charge in [-0.25, -0.2) is 0 Å². The number of carbonyl (C=O) groups excluding carboxylic acids is 1. The van der Waals surface area contributed by atoms with Gasteiger partial charge in [0.15, 0.2) is 0 Å². The average Bonchev–Trinajstić information content (AvgIpc) is 2.39. The second-order valence-corrected chi connectivity index (χ2v) is 4.28. The van der Waals surface area contributed by atoms with E-state index < -0.39 is 0 Å². The summed E-state index contributed by atoms with van der Waals surface area (Å²) in [7, 11) is 1.44. The Bertz CT molecular complexity index is 244. The molecule has 0 aliphatic heterocycles. The van der Waals surface area contributed by atoms with Gasteiger partial charge in [0.25, 0.3) is 0 Å². The molecule has 104 valence electrons. The van der Waals surface area contributed by atoms with Crippen molar-refractivity contribution >= 4 is 5.97 Å². The molecular formula is C15H26O3. The zero-order valence-corrected chi connectivity index (χ0v) is 11.4. The lowest BCUT2D eigenvalue weighted by molar-refractivity contribution is -0.140. The summed E-state index contributed by atoms with van der Waals surface area (Å²) in [4.78, 5) is 10.8. The average molecular weight is 254 g/mol. The molecule has 3 heteroatoms. The number of aliphatic hydroxyl groups excluding tert-OH is 1. The maximum Gasteiger partial charge on any atom is 0.305 e. The molecule has 18 heavy (non-hydrogen) atoms. The molecule has 0 rings (SSSR count). The summed E-state index contributed by atoms with van der Waals surface area (Å²) in [6, 6.07) is 0. The van der Waals surface area contributed by atoms with Gasteiger partial charge in [0.1, 0.15) is 0 Å². The Morgan fingerprint density at radius 3 is 2.28 bits per heavy atom. The van der Waals surface area contributed by atoms with Crippen molar-refractivity contribution < 1.29 is 14.6 Å². The molecule has 0 atom stereocenters. The third-order valence-electron chi connectivity index (χ3n) is 2.72. The zero-order valence-electron chi connectivity index (χ0n) is 11.4. The molecular weight excluding hydrogens is 228 g/mol. The first-order valence-electron chi connectivity index (χ1n) is 6.80. The molecule has 0 heterocycles. The summed E-state index contributed by atoms with van der Waals surface area (Å²) >= 11 is 0. The van der Waals surface area contributed by atoms with Gasteiger partial charge >= 0.3 is 5.97 Å². The molecule has 0 unspecified atom stereocenters. The second-order valence-electron chi connectivity index (χ2n) is 4.28. The van der Waals surface area contributed by atoms with Crippen LogP contribution in [0, 0.1) is 0 Å². The molecule has 3 nitrogen and oxygen atoms in total. The number of carbonyl (C=O) groups is 1. The summed E-state index contributed by atoms with van der Waals surface area (Å²) in [6.45, 7) is 0.107. The quantitative estimate of drug-likeness (QED) is 0.349. The van der Waals surface area contributed by atoms with Crippen LogP contribution in [0.25, 0.3) is 0 Å². The highest BCUT2D eigenvalue weighted by molar-refractivity contribution is 5.68. The molecule has 0 saturated carbocycles. The Kier molecular flexibility index (Phi) is 13.1. The van der Waals surface area contributed by atoms with Crippen LogP contribution < -0.4 is 0 Å². The number of methoxy groups -OCH3 is 1. The van der Waals surface area contributed by atoms with Crippen LogP contribution in [0.2, 0.25) is 0 Å². The van der Waals surface area contributed by atoms with Crippen molar-refractivity contribution in [2.24, 2.45) is 0 Å². The highest BCUT2D eigenvalue weighted by atomic mass is 16.5. The highest BCUT2D eigenvalue weighted by Crippen LogP contribution is 2.09. The molecule has 0 bridgehead atoms. The minimum Gasteiger partial charge on any atom is -0.469 e. The fourth-order valence-corrected chi connectivity index (χ4v) is 1.65. The molecule has 0 aromatic rings. The van der Waals surface area contributed by atoms with E-state index in [2.05, 4.69) is 10.8 Å². The fraction of sp³-hybridized carbons (Fsp3) is 0.667. The first kappa shape index (κ1) is 16.9. The Labute approximate surface area is 111 Å². The number of hydrogen-bond acceptors (Lipinski definition) is 3. The minimum atomic E-state index is -0.101. The monoisotopic (exact) mass is 254 g/mol. The van der Waals surface area contributed by atoms with E-state index in [0.717, 1.165) is 19.3 Å². The number of ether oxygens (including phenoxy) is 1. The molecule has 0 aromatic heterocycles. The normalized spacial score (nSPS) is 11.4. The molecule has 0 spiro atoms. The maximum absolute atomic E-state index is 10.8. The molecule has 0 radical (unpaired) electrons. The SMILES string of the molecule is COC(=O)CCCCCCCC/C=C\C=C/CO. The van der Waals surface area contributed by atoms with Gasteiger partial charge in [0, 0.05) is 6.42 Å². The Morgan fingerprint density at radius 2 is 1.61 bits per heavy atom. The van der Waals surface area contributed by atoms with E-state index >= 15 is 0 Å². The summed E-state index contributed by atoms with van der Waals surface area (Å²) in [6.07, 6.45) is 16.3. The van der Waals surface area contributed by atoms with Crippen LogP contribution in [0.3, 0.4) is 0 Å². The molecule has 1 N–H and O–H groups in total. The van der Waals surface area contributed by atoms with E-state index in [1.807, 2.05) is 12.2 Å². The van der Waals surface area contributed by atoms with Gasteiger partial charge in [-0.05, 0) is 19.3 Å². The van der Waals surface area contributed by atoms with Crippen LogP contribution in [0.1, 0.15) is 51.4 Å². The van der Waals surface area contributed by atoms with Gasteiger partial charge in [-0.3, -0.25) is 4.79 Å². The van der Waals surface area contributed by atoms with Crippen molar-refractivity contribution in [3.05, 3.63) is 24.3 Å². The summed E-state index contributed by atoms with van der Waals surface area (Å²) in [5.74, 6) is -0.101. The Hall–Kier alpha value is -1.09. The van der Waals surface area contributed by atoms with E-state index in [4.69, 9.17) is 5.11 Å². The van der Waals surface area contributed by atoms with Gasteiger partial charge in [0.05, 0.1) is 13.7 Å². The fourth-order valence-electron chi connectivity index (χ4n) is 1.65. The lowest BCUT2D eigenvalue weighted by Gasteiger charge is -2.00. The van der Waals surface area contributed by atoms with Gasteiger partial charge in [-0.1, -0.05) is 50.0 Å². The second kappa shape index (κ2) is 14.0. The van der Waals surface area contributed by atoms with Crippen LogP contribution in [0.5, 0.6) is 0 Å². The largest absolute Gasteiger partial charge is 0.469 e. The lowest BCUT2D eigenvalue weighted by Crippen LogP contribution is -1.99. The minimum absolute atomic E-state index is 0.101. The molecule has 0 fully saturated rings. The van der Waals surface area contributed by atoms with Crippen LogP contribution >= 0.6 is 0 Å². The van der Waals surface area contributed by atoms with Crippen LogP contribution in [0.15, 0.2) is 24.3 Å². The van der Waals surface area contributed by atoms with Crippen molar-refractivity contribution in [1.29, 1.82) is 0 Å². The zero-order chi connectivity index (χ0) is 13.5. The number of aliphatic hydroxyl groups is 1.